The summed E-state index contributed by atoms with van der Waals surface area (Å²) in [5.41, 5.74) is 4.77. The highest BCUT2D eigenvalue weighted by atomic mass is 32.2. The molecule has 0 saturated carbocycles. The largest absolute Gasteiger partial charge is 0.335 e. The summed E-state index contributed by atoms with van der Waals surface area (Å²) in [7, 11) is 0. The number of nitrogens with zero attached hydrogens (tertiary/aromatic N) is 1. The Morgan fingerprint density at radius 1 is 1.27 bits per heavy atom. The van der Waals surface area contributed by atoms with E-state index in [0.29, 0.717) is 0 Å². The van der Waals surface area contributed by atoms with Crippen LogP contribution in [0, 0.1) is 6.92 Å². The normalized spacial score (nSPS) is 11.6. The summed E-state index contributed by atoms with van der Waals surface area (Å²) in [6, 6.07) is 10.6. The first kappa shape index (κ1) is 19.8. The van der Waals surface area contributed by atoms with Crippen molar-refractivity contribution in [2.24, 2.45) is 0 Å². The molecule has 2 aromatic rings. The Hall–Kier alpha value is -2.52. The molecule has 1 heterocycles. The lowest BCUT2D eigenvalue weighted by Gasteiger charge is -2.13. The molecule has 0 saturated heterocycles. The van der Waals surface area contributed by atoms with Gasteiger partial charge in [-0.25, -0.2) is 4.98 Å². The van der Waals surface area contributed by atoms with E-state index in [1.807, 2.05) is 37.4 Å². The van der Waals surface area contributed by atoms with Crippen LogP contribution in [0.2, 0.25) is 0 Å². The Bertz CT molecular complexity index is 847. The smallest absolute Gasteiger partial charge is 0.130 e. The molecule has 26 heavy (non-hydrogen) atoms. The number of aryl methyl sites for hydroxylation is 2. The number of pyridine rings is 1. The minimum atomic E-state index is 0.830. The average Bonchev–Trinajstić information content (AvgIpc) is 2.63. The highest BCUT2D eigenvalue weighted by Crippen LogP contribution is 2.32. The fourth-order valence-electron chi connectivity index (χ4n) is 2.51. The minimum Gasteiger partial charge on any atom is -0.335 e. The van der Waals surface area contributed by atoms with Gasteiger partial charge >= 0.3 is 0 Å². The second-order valence-electron chi connectivity index (χ2n) is 5.89. The SMILES string of the molecule is C=C/C=C(\C=C/C)c1ccc(C)c(SC(=C)Nc2cc(CC)ccn2)c1. The predicted octanol–water partition coefficient (Wildman–Crippen LogP) is 6.77. The van der Waals surface area contributed by atoms with Gasteiger partial charge in [0.2, 0.25) is 0 Å². The van der Waals surface area contributed by atoms with Crippen LogP contribution in [-0.2, 0) is 6.42 Å². The number of aromatic nitrogens is 1. The summed E-state index contributed by atoms with van der Waals surface area (Å²) in [6.45, 7) is 14.2. The van der Waals surface area contributed by atoms with Gasteiger partial charge in [0, 0.05) is 11.1 Å². The molecule has 0 aliphatic heterocycles. The van der Waals surface area contributed by atoms with E-state index >= 15 is 0 Å². The minimum absolute atomic E-state index is 0.830. The van der Waals surface area contributed by atoms with Gasteiger partial charge in [-0.05, 0) is 60.7 Å². The predicted molar refractivity (Wildman–Crippen MR) is 116 cm³/mol. The van der Waals surface area contributed by atoms with E-state index in [2.05, 4.69) is 67.6 Å². The Morgan fingerprint density at radius 3 is 2.77 bits per heavy atom. The van der Waals surface area contributed by atoms with Crippen molar-refractivity contribution in [3.05, 3.63) is 95.7 Å². The Morgan fingerprint density at radius 2 is 2.08 bits per heavy atom. The van der Waals surface area contributed by atoms with E-state index in [9.17, 15) is 0 Å². The zero-order valence-corrected chi connectivity index (χ0v) is 16.6. The number of benzene rings is 1. The zero-order chi connectivity index (χ0) is 18.9. The van der Waals surface area contributed by atoms with Crippen molar-refractivity contribution in [3.8, 4) is 0 Å². The summed E-state index contributed by atoms with van der Waals surface area (Å²) in [6.07, 6.45) is 10.8. The summed E-state index contributed by atoms with van der Waals surface area (Å²) in [4.78, 5) is 5.54. The van der Waals surface area contributed by atoms with Gasteiger partial charge in [-0.3, -0.25) is 0 Å². The molecule has 0 spiro atoms. The molecule has 0 atom stereocenters. The second-order valence-corrected chi connectivity index (χ2v) is 7.03. The van der Waals surface area contributed by atoms with Crippen LogP contribution in [-0.4, -0.2) is 4.98 Å². The van der Waals surface area contributed by atoms with Crippen molar-refractivity contribution in [2.75, 3.05) is 5.32 Å². The number of hydrogen-bond acceptors (Lipinski definition) is 3. The van der Waals surface area contributed by atoms with E-state index in [1.54, 1.807) is 11.8 Å². The number of anilines is 1. The van der Waals surface area contributed by atoms with Crippen molar-refractivity contribution >= 4 is 23.2 Å². The highest BCUT2D eigenvalue weighted by molar-refractivity contribution is 8.03. The molecule has 0 aliphatic carbocycles. The van der Waals surface area contributed by atoms with E-state index in [0.717, 1.165) is 28.4 Å². The van der Waals surface area contributed by atoms with Crippen molar-refractivity contribution in [2.45, 2.75) is 32.1 Å². The molecular formula is C23H26N2S. The van der Waals surface area contributed by atoms with E-state index in [-0.39, 0.29) is 0 Å². The third-order valence-corrected chi connectivity index (χ3v) is 4.91. The molecule has 134 valence electrons. The molecule has 1 aromatic heterocycles. The van der Waals surface area contributed by atoms with Crippen LogP contribution in [0.15, 0.2) is 83.9 Å². The van der Waals surface area contributed by atoms with Crippen LogP contribution in [0.25, 0.3) is 5.57 Å². The molecule has 0 fully saturated rings. The number of thioether (sulfide) groups is 1. The van der Waals surface area contributed by atoms with Crippen molar-refractivity contribution in [1.82, 2.24) is 4.98 Å². The third kappa shape index (κ3) is 5.50. The second kappa shape index (κ2) is 9.83. The van der Waals surface area contributed by atoms with Crippen molar-refractivity contribution in [1.29, 1.82) is 0 Å². The molecule has 2 nitrogen and oxygen atoms in total. The molecule has 1 N–H and O–H groups in total. The Balaban J connectivity index is 2.20. The lowest BCUT2D eigenvalue weighted by Crippen LogP contribution is -1.98. The first-order chi connectivity index (χ1) is 12.6. The molecule has 0 bridgehead atoms. The van der Waals surface area contributed by atoms with Gasteiger partial charge in [0.1, 0.15) is 5.82 Å². The molecule has 0 unspecified atom stereocenters. The molecule has 3 heteroatoms. The summed E-state index contributed by atoms with van der Waals surface area (Å²) < 4.78 is 0. The topological polar surface area (TPSA) is 24.9 Å². The van der Waals surface area contributed by atoms with Crippen molar-refractivity contribution < 1.29 is 0 Å². The molecule has 1 aromatic carbocycles. The fraction of sp³-hybridized carbons (Fsp3) is 0.174. The van der Waals surface area contributed by atoms with Gasteiger partial charge in [-0.1, -0.05) is 68.3 Å². The lowest BCUT2D eigenvalue weighted by molar-refractivity contribution is 1.12. The number of hydrogen-bond donors (Lipinski definition) is 1. The highest BCUT2D eigenvalue weighted by Gasteiger charge is 2.07. The maximum Gasteiger partial charge on any atom is 0.130 e. The van der Waals surface area contributed by atoms with Crippen LogP contribution in [0.4, 0.5) is 5.82 Å². The van der Waals surface area contributed by atoms with Crippen LogP contribution in [0.1, 0.15) is 30.5 Å². The fourth-order valence-corrected chi connectivity index (χ4v) is 3.34. The van der Waals surface area contributed by atoms with E-state index in [1.165, 1.54) is 16.0 Å². The van der Waals surface area contributed by atoms with E-state index in [4.69, 9.17) is 0 Å². The van der Waals surface area contributed by atoms with Crippen molar-refractivity contribution in [3.63, 3.8) is 0 Å². The van der Waals surface area contributed by atoms with Crippen LogP contribution in [0.5, 0.6) is 0 Å². The summed E-state index contributed by atoms with van der Waals surface area (Å²) >= 11 is 1.62. The zero-order valence-electron chi connectivity index (χ0n) is 15.8. The lowest BCUT2D eigenvalue weighted by atomic mass is 10.0. The molecule has 2 rings (SSSR count). The maximum absolute atomic E-state index is 4.37. The first-order valence-corrected chi connectivity index (χ1v) is 9.54. The average molecular weight is 363 g/mol. The number of rotatable bonds is 8. The monoisotopic (exact) mass is 362 g/mol. The summed E-state index contributed by atoms with van der Waals surface area (Å²) in [5, 5.41) is 4.16. The molecule has 0 radical (unpaired) electrons. The third-order valence-electron chi connectivity index (χ3n) is 3.90. The maximum atomic E-state index is 4.37. The Labute approximate surface area is 161 Å². The van der Waals surface area contributed by atoms with Gasteiger partial charge in [0.15, 0.2) is 0 Å². The van der Waals surface area contributed by atoms with Gasteiger partial charge in [-0.2, -0.15) is 0 Å². The number of nitrogens with one attached hydrogen (secondary N) is 1. The van der Waals surface area contributed by atoms with Gasteiger partial charge < -0.3 is 5.32 Å². The number of allylic oxidation sites excluding steroid dienone is 5. The van der Waals surface area contributed by atoms with Gasteiger partial charge in [0.25, 0.3) is 0 Å². The quantitative estimate of drug-likeness (QED) is 0.414. The van der Waals surface area contributed by atoms with E-state index < -0.39 is 0 Å². The Kier molecular flexibility index (Phi) is 7.49. The van der Waals surface area contributed by atoms with Crippen LogP contribution in [0.3, 0.4) is 0 Å². The van der Waals surface area contributed by atoms with Crippen LogP contribution < -0.4 is 5.32 Å². The first-order valence-electron chi connectivity index (χ1n) is 8.72. The molecule has 0 aliphatic rings. The van der Waals surface area contributed by atoms with Crippen LogP contribution >= 0.6 is 11.8 Å². The van der Waals surface area contributed by atoms with Gasteiger partial charge in [0.05, 0.1) is 5.03 Å². The molecule has 0 amide bonds. The molecular weight excluding hydrogens is 336 g/mol. The standard InChI is InChI=1S/C23H26N2S/c1-6-9-20(10-7-2)21-12-11-17(4)22(16-21)26-18(5)25-23-15-19(8-3)13-14-24-23/h6-7,9-16H,1,5,8H2,2-4H3,(H,24,25)/b10-7-,20-9+. The van der Waals surface area contributed by atoms with Gasteiger partial charge in [-0.15, -0.1) is 0 Å². The summed E-state index contributed by atoms with van der Waals surface area (Å²) in [5.74, 6) is 0.830.